The van der Waals surface area contributed by atoms with Crippen LogP contribution in [0.5, 0.6) is 0 Å². The van der Waals surface area contributed by atoms with Crippen LogP contribution in [0, 0.1) is 0 Å². The van der Waals surface area contributed by atoms with E-state index >= 15 is 0 Å². The Hall–Kier alpha value is -1.68. The van der Waals surface area contributed by atoms with Gasteiger partial charge in [-0.1, -0.05) is 54.6 Å². The molecule has 0 radical (unpaired) electrons. The van der Waals surface area contributed by atoms with E-state index in [1.54, 1.807) is 0 Å². The van der Waals surface area contributed by atoms with E-state index in [0.717, 1.165) is 32.6 Å². The minimum atomic E-state index is 0.255. The van der Waals surface area contributed by atoms with E-state index in [-0.39, 0.29) is 6.10 Å². The maximum atomic E-state index is 6.38. The van der Waals surface area contributed by atoms with Gasteiger partial charge in [0.15, 0.2) is 0 Å². The lowest BCUT2D eigenvalue weighted by Crippen LogP contribution is -2.47. The van der Waals surface area contributed by atoms with E-state index in [4.69, 9.17) is 4.74 Å². The molecule has 2 aromatic rings. The van der Waals surface area contributed by atoms with Crippen LogP contribution in [0.15, 0.2) is 54.6 Å². The Balaban J connectivity index is 1.53. The SMILES string of the molecule is c1ccc(CO[C@@H]2Cc3ccccc3[C@@H]2N2CCNCC2)cc1. The number of rotatable bonds is 4. The van der Waals surface area contributed by atoms with Gasteiger partial charge in [-0.3, -0.25) is 4.90 Å². The fourth-order valence-corrected chi connectivity index (χ4v) is 3.86. The smallest absolute Gasteiger partial charge is 0.0816 e. The molecular formula is C20H24N2O. The van der Waals surface area contributed by atoms with Gasteiger partial charge in [0.1, 0.15) is 0 Å². The fourth-order valence-electron chi connectivity index (χ4n) is 3.86. The Morgan fingerprint density at radius 1 is 0.957 bits per heavy atom. The molecule has 120 valence electrons. The molecule has 3 heteroatoms. The molecule has 1 aliphatic heterocycles. The number of fused-ring (bicyclic) bond motifs is 1. The largest absolute Gasteiger partial charge is 0.371 e. The Labute approximate surface area is 138 Å². The van der Waals surface area contributed by atoms with Crippen LogP contribution >= 0.6 is 0 Å². The van der Waals surface area contributed by atoms with Gasteiger partial charge in [0.25, 0.3) is 0 Å². The molecule has 0 unspecified atom stereocenters. The van der Waals surface area contributed by atoms with Crippen molar-refractivity contribution in [1.82, 2.24) is 10.2 Å². The highest BCUT2D eigenvalue weighted by atomic mass is 16.5. The van der Waals surface area contributed by atoms with Crippen molar-refractivity contribution in [2.24, 2.45) is 0 Å². The second-order valence-corrected chi connectivity index (χ2v) is 6.47. The van der Waals surface area contributed by atoms with Crippen molar-refractivity contribution in [3.05, 3.63) is 71.3 Å². The van der Waals surface area contributed by atoms with Crippen LogP contribution in [-0.4, -0.2) is 37.2 Å². The molecule has 1 fully saturated rings. The van der Waals surface area contributed by atoms with Crippen molar-refractivity contribution >= 4 is 0 Å². The normalized spacial score (nSPS) is 24.5. The van der Waals surface area contributed by atoms with Crippen molar-refractivity contribution < 1.29 is 4.74 Å². The van der Waals surface area contributed by atoms with Gasteiger partial charge >= 0.3 is 0 Å². The lowest BCUT2D eigenvalue weighted by Gasteiger charge is -2.36. The summed E-state index contributed by atoms with van der Waals surface area (Å²) < 4.78 is 6.38. The van der Waals surface area contributed by atoms with Crippen molar-refractivity contribution in [2.45, 2.75) is 25.2 Å². The summed E-state index contributed by atoms with van der Waals surface area (Å²) in [5.74, 6) is 0. The second kappa shape index (κ2) is 6.83. The van der Waals surface area contributed by atoms with Crippen molar-refractivity contribution in [3.8, 4) is 0 Å². The van der Waals surface area contributed by atoms with E-state index in [2.05, 4.69) is 64.8 Å². The molecule has 1 saturated heterocycles. The van der Waals surface area contributed by atoms with Gasteiger partial charge in [-0.15, -0.1) is 0 Å². The summed E-state index contributed by atoms with van der Waals surface area (Å²) in [6.45, 7) is 5.05. The lowest BCUT2D eigenvalue weighted by molar-refractivity contribution is -0.0188. The molecule has 3 nitrogen and oxygen atoms in total. The first kappa shape index (κ1) is 14.9. The summed E-state index contributed by atoms with van der Waals surface area (Å²) in [6, 6.07) is 19.7. The number of hydrogen-bond acceptors (Lipinski definition) is 3. The van der Waals surface area contributed by atoms with Gasteiger partial charge in [-0.2, -0.15) is 0 Å². The summed E-state index contributed by atoms with van der Waals surface area (Å²) in [6.07, 6.45) is 1.28. The number of ether oxygens (including phenoxy) is 1. The molecule has 4 rings (SSSR count). The van der Waals surface area contributed by atoms with Crippen molar-refractivity contribution in [3.63, 3.8) is 0 Å². The molecule has 2 atom stereocenters. The molecule has 0 saturated carbocycles. The predicted molar refractivity (Wildman–Crippen MR) is 92.3 cm³/mol. The van der Waals surface area contributed by atoms with Crippen LogP contribution in [0.25, 0.3) is 0 Å². The highest BCUT2D eigenvalue weighted by Gasteiger charge is 2.37. The summed E-state index contributed by atoms with van der Waals surface area (Å²) in [4.78, 5) is 2.60. The van der Waals surface area contributed by atoms with Gasteiger partial charge in [-0.05, 0) is 16.7 Å². The van der Waals surface area contributed by atoms with E-state index < -0.39 is 0 Å². The van der Waals surface area contributed by atoms with Gasteiger partial charge < -0.3 is 10.1 Å². The highest BCUT2D eigenvalue weighted by molar-refractivity contribution is 5.36. The van der Waals surface area contributed by atoms with Crippen LogP contribution in [0.2, 0.25) is 0 Å². The van der Waals surface area contributed by atoms with Crippen LogP contribution in [0.3, 0.4) is 0 Å². The van der Waals surface area contributed by atoms with Gasteiger partial charge in [-0.25, -0.2) is 0 Å². The van der Waals surface area contributed by atoms with Gasteiger partial charge in [0, 0.05) is 32.6 Å². The van der Waals surface area contributed by atoms with Gasteiger partial charge in [0.2, 0.25) is 0 Å². The standard InChI is InChI=1S/C20H24N2O/c1-2-6-16(7-3-1)15-23-19-14-17-8-4-5-9-18(17)20(19)22-12-10-21-11-13-22/h1-9,19-21H,10-15H2/t19-,20+/m1/s1. The highest BCUT2D eigenvalue weighted by Crippen LogP contribution is 2.38. The number of piperazine rings is 1. The van der Waals surface area contributed by atoms with E-state index in [0.29, 0.717) is 12.6 Å². The number of nitrogens with zero attached hydrogens (tertiary/aromatic N) is 1. The molecule has 2 aliphatic rings. The average molecular weight is 308 g/mol. The quantitative estimate of drug-likeness (QED) is 0.940. The van der Waals surface area contributed by atoms with Crippen LogP contribution in [0.4, 0.5) is 0 Å². The minimum absolute atomic E-state index is 0.255. The third-order valence-corrected chi connectivity index (χ3v) is 5.00. The monoisotopic (exact) mass is 308 g/mol. The zero-order chi connectivity index (χ0) is 15.5. The third kappa shape index (κ3) is 3.18. The lowest BCUT2D eigenvalue weighted by atomic mass is 10.1. The summed E-state index contributed by atoms with van der Waals surface area (Å²) in [7, 11) is 0. The number of nitrogens with one attached hydrogen (secondary N) is 1. The Morgan fingerprint density at radius 3 is 2.52 bits per heavy atom. The van der Waals surface area contributed by atoms with Gasteiger partial charge in [0.05, 0.1) is 18.8 Å². The Morgan fingerprint density at radius 2 is 1.70 bits per heavy atom. The maximum Gasteiger partial charge on any atom is 0.0816 e. The van der Waals surface area contributed by atoms with Crippen LogP contribution in [0.1, 0.15) is 22.7 Å². The van der Waals surface area contributed by atoms with E-state index in [1.165, 1.54) is 16.7 Å². The fraction of sp³-hybridized carbons (Fsp3) is 0.400. The second-order valence-electron chi connectivity index (χ2n) is 6.47. The number of benzene rings is 2. The zero-order valence-electron chi connectivity index (χ0n) is 13.4. The van der Waals surface area contributed by atoms with Crippen LogP contribution in [-0.2, 0) is 17.8 Å². The Kier molecular flexibility index (Phi) is 4.42. The topological polar surface area (TPSA) is 24.5 Å². The zero-order valence-corrected chi connectivity index (χ0v) is 13.4. The first-order valence-electron chi connectivity index (χ1n) is 8.60. The molecule has 1 aliphatic carbocycles. The maximum absolute atomic E-state index is 6.38. The molecule has 1 N–H and O–H groups in total. The molecule has 0 spiro atoms. The Bertz CT molecular complexity index is 637. The number of hydrogen-bond donors (Lipinski definition) is 1. The molecule has 0 amide bonds. The predicted octanol–water partition coefficient (Wildman–Crippen LogP) is 2.77. The molecule has 0 bridgehead atoms. The average Bonchev–Trinajstić information content (AvgIpc) is 3.00. The third-order valence-electron chi connectivity index (χ3n) is 5.00. The first-order chi connectivity index (χ1) is 11.4. The summed E-state index contributed by atoms with van der Waals surface area (Å²) in [5, 5.41) is 3.45. The summed E-state index contributed by atoms with van der Waals surface area (Å²) >= 11 is 0. The van der Waals surface area contributed by atoms with E-state index in [1.807, 2.05) is 0 Å². The van der Waals surface area contributed by atoms with Crippen molar-refractivity contribution in [1.29, 1.82) is 0 Å². The molecule has 23 heavy (non-hydrogen) atoms. The minimum Gasteiger partial charge on any atom is -0.371 e. The molecule has 2 aromatic carbocycles. The van der Waals surface area contributed by atoms with E-state index in [9.17, 15) is 0 Å². The molecular weight excluding hydrogens is 284 g/mol. The first-order valence-corrected chi connectivity index (χ1v) is 8.60. The molecule has 0 aromatic heterocycles. The summed E-state index contributed by atoms with van der Waals surface area (Å²) in [5.41, 5.74) is 4.17. The van der Waals surface area contributed by atoms with Crippen LogP contribution < -0.4 is 5.32 Å². The van der Waals surface area contributed by atoms with Crippen molar-refractivity contribution in [2.75, 3.05) is 26.2 Å². The molecule has 1 heterocycles.